The number of pyridine rings is 1. The van der Waals surface area contributed by atoms with E-state index in [1.807, 2.05) is 12.3 Å². The fraction of sp³-hybridized carbons (Fsp3) is 0.688. The van der Waals surface area contributed by atoms with Gasteiger partial charge in [-0.2, -0.15) is 0 Å². The molecule has 1 N–H and O–H groups in total. The van der Waals surface area contributed by atoms with Gasteiger partial charge in [-0.15, -0.1) is 0 Å². The number of anilines is 1. The molecule has 0 aliphatic heterocycles. The quantitative estimate of drug-likeness (QED) is 0.829. The molecule has 1 aromatic heterocycles. The molecule has 0 amide bonds. The van der Waals surface area contributed by atoms with Crippen LogP contribution in [-0.2, 0) is 6.54 Å². The van der Waals surface area contributed by atoms with Crippen LogP contribution >= 0.6 is 0 Å². The minimum atomic E-state index is 0.384. The van der Waals surface area contributed by atoms with Crippen molar-refractivity contribution >= 4 is 5.82 Å². The summed E-state index contributed by atoms with van der Waals surface area (Å²) in [5.74, 6) is 1.02. The fourth-order valence-corrected chi connectivity index (χ4v) is 3.07. The lowest BCUT2D eigenvalue weighted by Gasteiger charge is -2.49. The maximum absolute atomic E-state index is 4.44. The zero-order valence-corrected chi connectivity index (χ0v) is 13.3. The van der Waals surface area contributed by atoms with Gasteiger partial charge < -0.3 is 15.1 Å². The maximum atomic E-state index is 4.44. The predicted molar refractivity (Wildman–Crippen MR) is 85.0 cm³/mol. The number of aromatic nitrogens is 1. The van der Waals surface area contributed by atoms with Gasteiger partial charge in [-0.25, -0.2) is 4.98 Å². The second-order valence-electron chi connectivity index (χ2n) is 6.19. The number of hydrogen-bond acceptors (Lipinski definition) is 4. The average Bonchev–Trinajstić information content (AvgIpc) is 2.36. The number of likely N-dealkylation sites (N-methyl/N-ethyl adjacent to an activating group) is 2. The van der Waals surface area contributed by atoms with E-state index < -0.39 is 0 Å². The van der Waals surface area contributed by atoms with Crippen LogP contribution in [0.5, 0.6) is 0 Å². The normalized spacial score (nSPS) is 17.3. The zero-order valence-electron chi connectivity index (χ0n) is 13.3. The van der Waals surface area contributed by atoms with Gasteiger partial charge in [0.25, 0.3) is 0 Å². The van der Waals surface area contributed by atoms with Crippen LogP contribution < -0.4 is 5.32 Å². The molecule has 2 rings (SSSR count). The Labute approximate surface area is 123 Å². The molecule has 0 aromatic carbocycles. The molecule has 0 radical (unpaired) electrons. The molecule has 1 saturated carbocycles. The summed E-state index contributed by atoms with van der Waals surface area (Å²) in [6.07, 6.45) is 5.85. The van der Waals surface area contributed by atoms with Gasteiger partial charge in [0.2, 0.25) is 0 Å². The summed E-state index contributed by atoms with van der Waals surface area (Å²) in [7, 11) is 6.63. The molecule has 20 heavy (non-hydrogen) atoms. The SMILES string of the molecule is CCNc1ncccc1CN(C)CC1(N(C)C)CCC1. The lowest BCUT2D eigenvalue weighted by Crippen LogP contribution is -2.56. The van der Waals surface area contributed by atoms with Crippen LogP contribution in [0.1, 0.15) is 31.7 Å². The second kappa shape index (κ2) is 6.55. The summed E-state index contributed by atoms with van der Waals surface area (Å²) in [5, 5.41) is 3.35. The van der Waals surface area contributed by atoms with E-state index in [4.69, 9.17) is 0 Å². The third-order valence-electron chi connectivity index (χ3n) is 4.47. The Hall–Kier alpha value is -1.13. The van der Waals surface area contributed by atoms with Crippen LogP contribution in [-0.4, -0.2) is 54.6 Å². The lowest BCUT2D eigenvalue weighted by molar-refractivity contribution is 0.0259. The summed E-state index contributed by atoms with van der Waals surface area (Å²) in [6.45, 7) is 5.10. The van der Waals surface area contributed by atoms with Crippen molar-refractivity contribution < 1.29 is 0 Å². The van der Waals surface area contributed by atoms with Crippen molar-refractivity contribution in [2.45, 2.75) is 38.3 Å². The molecule has 112 valence electrons. The summed E-state index contributed by atoms with van der Waals surface area (Å²) in [4.78, 5) is 9.27. The Bertz CT molecular complexity index is 426. The van der Waals surface area contributed by atoms with E-state index in [-0.39, 0.29) is 0 Å². The third-order valence-corrected chi connectivity index (χ3v) is 4.47. The van der Waals surface area contributed by atoms with E-state index in [0.29, 0.717) is 5.54 Å². The number of hydrogen-bond donors (Lipinski definition) is 1. The predicted octanol–water partition coefficient (Wildman–Crippen LogP) is 2.43. The average molecular weight is 276 g/mol. The standard InChI is InChI=1S/C16H28N4/c1-5-17-15-14(8-6-11-18-15)12-20(4)13-16(19(2)3)9-7-10-16/h6,8,11H,5,7,9-10,12-13H2,1-4H3,(H,17,18). The fourth-order valence-electron chi connectivity index (χ4n) is 3.07. The summed E-state index contributed by atoms with van der Waals surface area (Å²) < 4.78 is 0. The lowest BCUT2D eigenvalue weighted by atomic mass is 9.75. The molecule has 1 aromatic rings. The van der Waals surface area contributed by atoms with Crippen LogP contribution in [0.4, 0.5) is 5.82 Å². The first-order valence-corrected chi connectivity index (χ1v) is 7.61. The Morgan fingerprint density at radius 3 is 2.60 bits per heavy atom. The van der Waals surface area contributed by atoms with Crippen LogP contribution in [0, 0.1) is 0 Å². The van der Waals surface area contributed by atoms with Gasteiger partial charge in [-0.1, -0.05) is 6.07 Å². The molecule has 4 nitrogen and oxygen atoms in total. The molecule has 0 unspecified atom stereocenters. The van der Waals surface area contributed by atoms with Crippen molar-refractivity contribution in [3.05, 3.63) is 23.9 Å². The highest BCUT2D eigenvalue weighted by Gasteiger charge is 2.39. The molecule has 0 atom stereocenters. The van der Waals surface area contributed by atoms with E-state index in [1.54, 1.807) is 0 Å². The third kappa shape index (κ3) is 3.30. The van der Waals surface area contributed by atoms with E-state index in [9.17, 15) is 0 Å². The number of rotatable bonds is 7. The Balaban J connectivity index is 1.99. The molecule has 0 spiro atoms. The summed E-state index contributed by atoms with van der Waals surface area (Å²) in [5.41, 5.74) is 1.67. The molecule has 4 heteroatoms. The molecule has 1 aliphatic rings. The van der Waals surface area contributed by atoms with Gasteiger partial charge in [0.15, 0.2) is 0 Å². The molecular formula is C16H28N4. The maximum Gasteiger partial charge on any atom is 0.130 e. The van der Waals surface area contributed by atoms with E-state index in [2.05, 4.69) is 54.2 Å². The van der Waals surface area contributed by atoms with Crippen molar-refractivity contribution in [1.82, 2.24) is 14.8 Å². The highest BCUT2D eigenvalue weighted by molar-refractivity contribution is 5.43. The Morgan fingerprint density at radius 1 is 1.30 bits per heavy atom. The van der Waals surface area contributed by atoms with Crippen LogP contribution in [0.15, 0.2) is 18.3 Å². The van der Waals surface area contributed by atoms with Crippen LogP contribution in [0.25, 0.3) is 0 Å². The summed E-state index contributed by atoms with van der Waals surface area (Å²) in [6, 6.07) is 4.19. The second-order valence-corrected chi connectivity index (χ2v) is 6.19. The molecule has 1 fully saturated rings. The summed E-state index contributed by atoms with van der Waals surface area (Å²) >= 11 is 0. The highest BCUT2D eigenvalue weighted by atomic mass is 15.2. The smallest absolute Gasteiger partial charge is 0.130 e. The first kappa shape index (κ1) is 15.3. The van der Waals surface area contributed by atoms with Gasteiger partial charge in [0, 0.05) is 36.9 Å². The topological polar surface area (TPSA) is 31.4 Å². The molecule has 0 saturated heterocycles. The first-order valence-electron chi connectivity index (χ1n) is 7.61. The van der Waals surface area contributed by atoms with Crippen LogP contribution in [0.3, 0.4) is 0 Å². The highest BCUT2D eigenvalue weighted by Crippen LogP contribution is 2.36. The van der Waals surface area contributed by atoms with E-state index >= 15 is 0 Å². The number of nitrogens with one attached hydrogen (secondary N) is 1. The number of nitrogens with zero attached hydrogens (tertiary/aromatic N) is 3. The first-order chi connectivity index (χ1) is 9.57. The minimum absolute atomic E-state index is 0.384. The van der Waals surface area contributed by atoms with Crippen LogP contribution in [0.2, 0.25) is 0 Å². The molecule has 0 bridgehead atoms. The van der Waals surface area contributed by atoms with Gasteiger partial charge in [-0.3, -0.25) is 0 Å². The molecule has 1 heterocycles. The largest absolute Gasteiger partial charge is 0.370 e. The van der Waals surface area contributed by atoms with Gasteiger partial charge in [0.05, 0.1) is 0 Å². The molecule has 1 aliphatic carbocycles. The van der Waals surface area contributed by atoms with Crippen molar-refractivity contribution in [3.63, 3.8) is 0 Å². The molecular weight excluding hydrogens is 248 g/mol. The van der Waals surface area contributed by atoms with Crippen molar-refractivity contribution in [2.75, 3.05) is 39.5 Å². The van der Waals surface area contributed by atoms with E-state index in [1.165, 1.54) is 24.8 Å². The van der Waals surface area contributed by atoms with Crippen molar-refractivity contribution in [1.29, 1.82) is 0 Å². The monoisotopic (exact) mass is 276 g/mol. The van der Waals surface area contributed by atoms with Crippen molar-refractivity contribution in [3.8, 4) is 0 Å². The Morgan fingerprint density at radius 2 is 2.05 bits per heavy atom. The zero-order chi connectivity index (χ0) is 14.6. The van der Waals surface area contributed by atoms with Crippen molar-refractivity contribution in [2.24, 2.45) is 0 Å². The van der Waals surface area contributed by atoms with Gasteiger partial charge in [0.1, 0.15) is 5.82 Å². The van der Waals surface area contributed by atoms with Gasteiger partial charge >= 0.3 is 0 Å². The van der Waals surface area contributed by atoms with Gasteiger partial charge in [-0.05, 0) is 53.4 Å². The Kier molecular flexibility index (Phi) is 5.00. The van der Waals surface area contributed by atoms with E-state index in [0.717, 1.165) is 25.5 Å². The minimum Gasteiger partial charge on any atom is -0.370 e.